The van der Waals surface area contributed by atoms with Gasteiger partial charge in [0.05, 0.1) is 6.42 Å². The zero-order chi connectivity index (χ0) is 13.0. The van der Waals surface area contributed by atoms with Gasteiger partial charge in [0.2, 0.25) is 0 Å². The summed E-state index contributed by atoms with van der Waals surface area (Å²) in [5.74, 6) is -0.707. The second kappa shape index (κ2) is 5.50. The lowest BCUT2D eigenvalue weighted by Crippen LogP contribution is -2.02. The Morgan fingerprint density at radius 3 is 2.11 bits per heavy atom. The third-order valence-corrected chi connectivity index (χ3v) is 3.07. The molecule has 0 aliphatic heterocycles. The molecular formula is C16H16O2. The molecule has 0 heterocycles. The van der Waals surface area contributed by atoms with Gasteiger partial charge >= 0.3 is 5.97 Å². The number of aliphatic carboxylic acids is 1. The zero-order valence-corrected chi connectivity index (χ0v) is 10.3. The second-order valence-electron chi connectivity index (χ2n) is 4.49. The molecule has 0 aromatic heterocycles. The molecule has 2 nitrogen and oxygen atoms in total. The Bertz CT molecular complexity index is 515. The van der Waals surface area contributed by atoms with Crippen LogP contribution < -0.4 is 0 Å². The Morgan fingerprint density at radius 2 is 1.56 bits per heavy atom. The minimum atomic E-state index is -0.755. The van der Waals surface area contributed by atoms with Crippen LogP contribution in [0.2, 0.25) is 0 Å². The molecule has 18 heavy (non-hydrogen) atoms. The standard InChI is InChI=1S/C16H16O2/c1-12(11-16(17)18)13-7-9-15(10-8-13)14-5-3-2-4-6-14/h2-10,12H,11H2,1H3,(H,17,18)/t12-/m0/s1. The SMILES string of the molecule is C[C@@H](CC(=O)O)c1ccc(-c2ccccc2)cc1. The summed E-state index contributed by atoms with van der Waals surface area (Å²) in [4.78, 5) is 10.7. The largest absolute Gasteiger partial charge is 0.481 e. The highest BCUT2D eigenvalue weighted by Crippen LogP contribution is 2.24. The van der Waals surface area contributed by atoms with Crippen molar-refractivity contribution in [3.63, 3.8) is 0 Å². The van der Waals surface area contributed by atoms with Crippen LogP contribution in [0.4, 0.5) is 0 Å². The summed E-state index contributed by atoms with van der Waals surface area (Å²) in [6.07, 6.45) is 0.171. The van der Waals surface area contributed by atoms with Crippen LogP contribution in [0.25, 0.3) is 11.1 Å². The van der Waals surface area contributed by atoms with Crippen molar-refractivity contribution in [2.75, 3.05) is 0 Å². The lowest BCUT2D eigenvalue weighted by atomic mass is 9.95. The average molecular weight is 240 g/mol. The van der Waals surface area contributed by atoms with E-state index in [0.29, 0.717) is 0 Å². The van der Waals surface area contributed by atoms with E-state index in [2.05, 4.69) is 12.1 Å². The van der Waals surface area contributed by atoms with Gasteiger partial charge in [-0.1, -0.05) is 61.5 Å². The third kappa shape index (κ3) is 2.98. The first kappa shape index (κ1) is 12.4. The van der Waals surface area contributed by atoms with Crippen LogP contribution >= 0.6 is 0 Å². The molecule has 0 saturated carbocycles. The monoisotopic (exact) mass is 240 g/mol. The average Bonchev–Trinajstić information content (AvgIpc) is 2.39. The highest BCUT2D eigenvalue weighted by atomic mass is 16.4. The summed E-state index contributed by atoms with van der Waals surface area (Å²) in [5, 5.41) is 8.78. The molecule has 0 amide bonds. The maximum Gasteiger partial charge on any atom is 0.303 e. The number of benzene rings is 2. The highest BCUT2D eigenvalue weighted by Gasteiger charge is 2.09. The number of hydrogen-bond acceptors (Lipinski definition) is 1. The molecule has 1 atom stereocenters. The van der Waals surface area contributed by atoms with Gasteiger partial charge in [0.25, 0.3) is 0 Å². The van der Waals surface area contributed by atoms with E-state index in [4.69, 9.17) is 5.11 Å². The van der Waals surface area contributed by atoms with Gasteiger partial charge in [0.15, 0.2) is 0 Å². The summed E-state index contributed by atoms with van der Waals surface area (Å²) in [7, 11) is 0. The van der Waals surface area contributed by atoms with Gasteiger partial charge in [-0.25, -0.2) is 0 Å². The number of hydrogen-bond donors (Lipinski definition) is 1. The molecule has 2 aromatic carbocycles. The fourth-order valence-corrected chi connectivity index (χ4v) is 2.01. The van der Waals surface area contributed by atoms with Crippen LogP contribution in [0.5, 0.6) is 0 Å². The Labute approximate surface area is 107 Å². The van der Waals surface area contributed by atoms with E-state index >= 15 is 0 Å². The molecule has 0 aliphatic rings. The number of carbonyl (C=O) groups is 1. The van der Waals surface area contributed by atoms with Crippen molar-refractivity contribution < 1.29 is 9.90 Å². The summed E-state index contributed by atoms with van der Waals surface area (Å²) >= 11 is 0. The lowest BCUT2D eigenvalue weighted by molar-refractivity contribution is -0.137. The quantitative estimate of drug-likeness (QED) is 0.879. The zero-order valence-electron chi connectivity index (χ0n) is 10.3. The maximum absolute atomic E-state index is 10.7. The van der Waals surface area contributed by atoms with E-state index < -0.39 is 5.97 Å². The summed E-state index contributed by atoms with van der Waals surface area (Å²) in [6.45, 7) is 1.94. The predicted octanol–water partition coefficient (Wildman–Crippen LogP) is 3.93. The molecule has 0 unspecified atom stereocenters. The molecule has 0 aliphatic carbocycles. The second-order valence-corrected chi connectivity index (χ2v) is 4.49. The molecule has 0 spiro atoms. The molecule has 1 N–H and O–H groups in total. The third-order valence-electron chi connectivity index (χ3n) is 3.07. The highest BCUT2D eigenvalue weighted by molar-refractivity contribution is 5.68. The Kier molecular flexibility index (Phi) is 3.78. The van der Waals surface area contributed by atoms with Gasteiger partial charge in [0, 0.05) is 0 Å². The smallest absolute Gasteiger partial charge is 0.303 e. The van der Waals surface area contributed by atoms with Crippen molar-refractivity contribution in [3.05, 3.63) is 60.2 Å². The van der Waals surface area contributed by atoms with Gasteiger partial charge in [-0.2, -0.15) is 0 Å². The van der Waals surface area contributed by atoms with Gasteiger partial charge in [0.1, 0.15) is 0 Å². The first-order valence-electron chi connectivity index (χ1n) is 6.04. The van der Waals surface area contributed by atoms with Crippen LogP contribution in [-0.4, -0.2) is 11.1 Å². The topological polar surface area (TPSA) is 37.3 Å². The number of carboxylic acid groups (broad SMARTS) is 1. The van der Waals surface area contributed by atoms with Crippen molar-refractivity contribution >= 4 is 5.97 Å². The Morgan fingerprint density at radius 1 is 1.00 bits per heavy atom. The Hall–Kier alpha value is -2.09. The summed E-state index contributed by atoms with van der Waals surface area (Å²) in [6, 6.07) is 18.3. The molecule has 92 valence electrons. The normalized spacial score (nSPS) is 12.1. The van der Waals surface area contributed by atoms with Crippen molar-refractivity contribution in [3.8, 4) is 11.1 Å². The van der Waals surface area contributed by atoms with Gasteiger partial charge in [-0.3, -0.25) is 4.79 Å². The van der Waals surface area contributed by atoms with Crippen molar-refractivity contribution in [2.24, 2.45) is 0 Å². The Balaban J connectivity index is 2.18. The maximum atomic E-state index is 10.7. The molecular weight excluding hydrogens is 224 g/mol. The van der Waals surface area contributed by atoms with Crippen molar-refractivity contribution in [2.45, 2.75) is 19.3 Å². The fourth-order valence-electron chi connectivity index (χ4n) is 2.01. The number of rotatable bonds is 4. The van der Waals surface area contributed by atoms with Gasteiger partial charge in [-0.15, -0.1) is 0 Å². The van der Waals surface area contributed by atoms with E-state index in [1.807, 2.05) is 49.4 Å². The molecule has 0 saturated heterocycles. The predicted molar refractivity (Wildman–Crippen MR) is 72.5 cm³/mol. The molecule has 2 heteroatoms. The van der Waals surface area contributed by atoms with Crippen molar-refractivity contribution in [1.29, 1.82) is 0 Å². The van der Waals surface area contributed by atoms with Crippen LogP contribution in [-0.2, 0) is 4.79 Å². The summed E-state index contributed by atoms with van der Waals surface area (Å²) < 4.78 is 0. The van der Waals surface area contributed by atoms with Crippen LogP contribution in [0.1, 0.15) is 24.8 Å². The molecule has 2 rings (SSSR count). The molecule has 0 bridgehead atoms. The number of carboxylic acids is 1. The van der Waals surface area contributed by atoms with Gasteiger partial charge < -0.3 is 5.11 Å². The lowest BCUT2D eigenvalue weighted by Gasteiger charge is -2.10. The van der Waals surface area contributed by atoms with E-state index in [1.54, 1.807) is 0 Å². The van der Waals surface area contributed by atoms with E-state index in [-0.39, 0.29) is 12.3 Å². The van der Waals surface area contributed by atoms with Crippen molar-refractivity contribution in [1.82, 2.24) is 0 Å². The van der Waals surface area contributed by atoms with E-state index in [9.17, 15) is 4.79 Å². The molecule has 0 fully saturated rings. The minimum absolute atomic E-state index is 0.0484. The van der Waals surface area contributed by atoms with E-state index in [0.717, 1.165) is 11.1 Å². The minimum Gasteiger partial charge on any atom is -0.481 e. The fraction of sp³-hybridized carbons (Fsp3) is 0.188. The van der Waals surface area contributed by atoms with Crippen LogP contribution in [0, 0.1) is 0 Å². The molecule has 0 radical (unpaired) electrons. The first-order chi connectivity index (χ1) is 8.66. The van der Waals surface area contributed by atoms with E-state index in [1.165, 1.54) is 5.56 Å². The van der Waals surface area contributed by atoms with Crippen LogP contribution in [0.15, 0.2) is 54.6 Å². The van der Waals surface area contributed by atoms with Gasteiger partial charge in [-0.05, 0) is 22.6 Å². The summed E-state index contributed by atoms with van der Waals surface area (Å²) in [5.41, 5.74) is 3.40. The first-order valence-corrected chi connectivity index (χ1v) is 6.04. The molecule has 2 aromatic rings. The van der Waals surface area contributed by atoms with Crippen LogP contribution in [0.3, 0.4) is 0 Å².